The second-order valence-electron chi connectivity index (χ2n) is 6.45. The van der Waals surface area contributed by atoms with Gasteiger partial charge in [-0.15, -0.1) is 0 Å². The van der Waals surface area contributed by atoms with Gasteiger partial charge in [-0.25, -0.2) is 4.79 Å². The number of methoxy groups -OCH3 is 1. The molecule has 0 atom stereocenters. The van der Waals surface area contributed by atoms with Crippen LogP contribution in [-0.4, -0.2) is 57.1 Å². The van der Waals surface area contributed by atoms with Crippen molar-refractivity contribution in [1.29, 1.82) is 0 Å². The van der Waals surface area contributed by atoms with Crippen LogP contribution < -0.4 is 10.2 Å². The van der Waals surface area contributed by atoms with E-state index < -0.39 is 5.97 Å². The molecule has 1 fully saturated rings. The number of amides is 1. The van der Waals surface area contributed by atoms with Crippen LogP contribution >= 0.6 is 15.9 Å². The molecule has 2 aromatic carbocycles. The van der Waals surface area contributed by atoms with Gasteiger partial charge >= 0.3 is 5.97 Å². The van der Waals surface area contributed by atoms with Gasteiger partial charge in [0.25, 0.3) is 5.91 Å². The Morgan fingerprint density at radius 2 is 1.78 bits per heavy atom. The number of rotatable bonds is 4. The number of halogens is 1. The molecule has 0 saturated carbocycles. The maximum atomic E-state index is 12.8. The number of hydrogen-bond donors (Lipinski definition) is 1. The Morgan fingerprint density at radius 1 is 1.07 bits per heavy atom. The summed E-state index contributed by atoms with van der Waals surface area (Å²) in [6, 6.07) is 12.5. The zero-order valence-electron chi connectivity index (χ0n) is 15.4. The van der Waals surface area contributed by atoms with Crippen molar-refractivity contribution in [2.75, 3.05) is 50.6 Å². The average molecular weight is 432 g/mol. The van der Waals surface area contributed by atoms with Gasteiger partial charge in [-0.3, -0.25) is 4.79 Å². The molecule has 0 aromatic heterocycles. The number of esters is 1. The number of likely N-dealkylation sites (N-methyl/N-ethyl adjacent to an activating group) is 1. The minimum absolute atomic E-state index is 0.236. The monoisotopic (exact) mass is 431 g/mol. The Morgan fingerprint density at radius 3 is 2.44 bits per heavy atom. The molecule has 1 aliphatic heterocycles. The number of ether oxygens (including phenoxy) is 1. The average Bonchev–Trinajstić information content (AvgIpc) is 2.68. The minimum Gasteiger partial charge on any atom is -0.465 e. The number of nitrogens with zero attached hydrogens (tertiary/aromatic N) is 2. The summed E-state index contributed by atoms with van der Waals surface area (Å²) < 4.78 is 5.54. The first-order chi connectivity index (χ1) is 13.0. The van der Waals surface area contributed by atoms with Crippen molar-refractivity contribution in [2.24, 2.45) is 0 Å². The molecule has 6 nitrogen and oxygen atoms in total. The van der Waals surface area contributed by atoms with Gasteiger partial charge in [0.1, 0.15) is 0 Å². The van der Waals surface area contributed by atoms with E-state index >= 15 is 0 Å². The Bertz CT molecular complexity index is 848. The van der Waals surface area contributed by atoms with Gasteiger partial charge in [-0.05, 0) is 53.3 Å². The van der Waals surface area contributed by atoms with E-state index in [1.165, 1.54) is 7.11 Å². The molecular weight excluding hydrogens is 410 g/mol. The molecule has 0 bridgehead atoms. The maximum absolute atomic E-state index is 12.8. The highest BCUT2D eigenvalue weighted by molar-refractivity contribution is 9.10. The van der Waals surface area contributed by atoms with Crippen LogP contribution in [0.3, 0.4) is 0 Å². The quantitative estimate of drug-likeness (QED) is 0.752. The van der Waals surface area contributed by atoms with E-state index in [0.717, 1.165) is 31.9 Å². The number of carbonyl (C=O) groups is 2. The Balaban J connectivity index is 1.93. The predicted octanol–water partition coefficient (Wildman–Crippen LogP) is 3.24. The summed E-state index contributed by atoms with van der Waals surface area (Å²) in [5.41, 5.74) is 2.43. The number of piperazine rings is 1. The summed E-state index contributed by atoms with van der Waals surface area (Å²) in [5.74, 6) is -0.670. The molecule has 1 amide bonds. The third-order valence-corrected chi connectivity index (χ3v) is 5.32. The molecule has 3 rings (SSSR count). The van der Waals surface area contributed by atoms with Gasteiger partial charge in [-0.2, -0.15) is 0 Å². The van der Waals surface area contributed by atoms with Crippen molar-refractivity contribution in [3.05, 3.63) is 58.1 Å². The number of nitrogens with one attached hydrogen (secondary N) is 1. The normalized spacial score (nSPS) is 14.7. The third kappa shape index (κ3) is 4.48. The molecular formula is C20H22BrN3O3. The van der Waals surface area contributed by atoms with E-state index in [1.54, 1.807) is 18.2 Å². The van der Waals surface area contributed by atoms with Gasteiger partial charge in [0.05, 0.1) is 29.6 Å². The second-order valence-corrected chi connectivity index (χ2v) is 7.30. The summed E-state index contributed by atoms with van der Waals surface area (Å²) in [6.07, 6.45) is 0. The summed E-state index contributed by atoms with van der Waals surface area (Å²) >= 11 is 3.41. The fraction of sp³-hybridized carbons (Fsp3) is 0.300. The molecule has 1 aliphatic rings. The smallest absolute Gasteiger partial charge is 0.337 e. The highest BCUT2D eigenvalue weighted by atomic mass is 79.9. The van der Waals surface area contributed by atoms with Crippen LogP contribution in [0.15, 0.2) is 46.9 Å². The lowest BCUT2D eigenvalue weighted by Gasteiger charge is -2.35. The standard InChI is InChI=1S/C20H22BrN3O3/c1-23-9-11-24(12-10-23)18-8-7-14(20(26)27-2)13-17(18)22-19(25)15-5-3-4-6-16(15)21/h3-8,13H,9-12H2,1-2H3,(H,22,25). The SMILES string of the molecule is COC(=O)c1ccc(N2CCN(C)CC2)c(NC(=O)c2ccccc2Br)c1. The zero-order chi connectivity index (χ0) is 19.4. The lowest BCUT2D eigenvalue weighted by atomic mass is 10.1. The van der Waals surface area contributed by atoms with Crippen molar-refractivity contribution >= 4 is 39.2 Å². The Labute approximate surface area is 167 Å². The lowest BCUT2D eigenvalue weighted by Crippen LogP contribution is -2.44. The molecule has 1 N–H and O–H groups in total. The zero-order valence-corrected chi connectivity index (χ0v) is 17.0. The molecule has 1 heterocycles. The van der Waals surface area contributed by atoms with Crippen LogP contribution in [0.1, 0.15) is 20.7 Å². The highest BCUT2D eigenvalue weighted by Gasteiger charge is 2.20. The van der Waals surface area contributed by atoms with E-state index in [2.05, 4.69) is 38.1 Å². The van der Waals surface area contributed by atoms with Crippen LogP contribution in [0.25, 0.3) is 0 Å². The topological polar surface area (TPSA) is 61.9 Å². The molecule has 2 aromatic rings. The highest BCUT2D eigenvalue weighted by Crippen LogP contribution is 2.29. The number of carbonyl (C=O) groups excluding carboxylic acids is 2. The third-order valence-electron chi connectivity index (χ3n) is 4.63. The van der Waals surface area contributed by atoms with E-state index in [1.807, 2.05) is 24.3 Å². The summed E-state index contributed by atoms with van der Waals surface area (Å²) in [5, 5.41) is 2.96. The van der Waals surface area contributed by atoms with Crippen molar-refractivity contribution in [2.45, 2.75) is 0 Å². The van der Waals surface area contributed by atoms with Crippen molar-refractivity contribution in [3.63, 3.8) is 0 Å². The molecule has 27 heavy (non-hydrogen) atoms. The van der Waals surface area contributed by atoms with Gasteiger partial charge < -0.3 is 19.9 Å². The molecule has 142 valence electrons. The first-order valence-corrected chi connectivity index (χ1v) is 9.50. The van der Waals surface area contributed by atoms with Crippen LogP contribution in [0, 0.1) is 0 Å². The Kier molecular flexibility index (Phi) is 6.13. The summed E-state index contributed by atoms with van der Waals surface area (Å²) in [4.78, 5) is 29.2. The number of anilines is 2. The number of benzene rings is 2. The van der Waals surface area contributed by atoms with Crippen LogP contribution in [0.4, 0.5) is 11.4 Å². The van der Waals surface area contributed by atoms with Crippen LogP contribution in [-0.2, 0) is 4.74 Å². The van der Waals surface area contributed by atoms with Gasteiger partial charge in [0, 0.05) is 30.7 Å². The fourth-order valence-electron chi connectivity index (χ4n) is 3.04. The molecule has 1 saturated heterocycles. The first-order valence-electron chi connectivity index (χ1n) is 8.71. The first kappa shape index (κ1) is 19.4. The van der Waals surface area contributed by atoms with Crippen LogP contribution in [0.2, 0.25) is 0 Å². The fourth-order valence-corrected chi connectivity index (χ4v) is 3.50. The lowest BCUT2D eigenvalue weighted by molar-refractivity contribution is 0.0600. The predicted molar refractivity (Wildman–Crippen MR) is 110 cm³/mol. The Hall–Kier alpha value is -2.38. The summed E-state index contributed by atoms with van der Waals surface area (Å²) in [7, 11) is 3.43. The molecule has 7 heteroatoms. The largest absolute Gasteiger partial charge is 0.465 e. The number of hydrogen-bond acceptors (Lipinski definition) is 5. The second kappa shape index (κ2) is 8.54. The van der Waals surface area contributed by atoms with E-state index in [4.69, 9.17) is 4.74 Å². The van der Waals surface area contributed by atoms with Crippen molar-refractivity contribution < 1.29 is 14.3 Å². The molecule has 0 aliphatic carbocycles. The molecule has 0 radical (unpaired) electrons. The van der Waals surface area contributed by atoms with E-state index in [0.29, 0.717) is 21.3 Å². The summed E-state index contributed by atoms with van der Waals surface area (Å²) in [6.45, 7) is 3.59. The van der Waals surface area contributed by atoms with Crippen molar-refractivity contribution in [3.8, 4) is 0 Å². The molecule has 0 unspecified atom stereocenters. The van der Waals surface area contributed by atoms with Gasteiger partial charge in [-0.1, -0.05) is 12.1 Å². The van der Waals surface area contributed by atoms with Crippen LogP contribution in [0.5, 0.6) is 0 Å². The van der Waals surface area contributed by atoms with E-state index in [-0.39, 0.29) is 5.91 Å². The van der Waals surface area contributed by atoms with E-state index in [9.17, 15) is 9.59 Å². The maximum Gasteiger partial charge on any atom is 0.337 e. The van der Waals surface area contributed by atoms with Crippen molar-refractivity contribution in [1.82, 2.24) is 4.90 Å². The van der Waals surface area contributed by atoms with Gasteiger partial charge in [0.2, 0.25) is 0 Å². The molecule has 0 spiro atoms. The van der Waals surface area contributed by atoms with Gasteiger partial charge in [0.15, 0.2) is 0 Å². The minimum atomic E-state index is -0.434.